The Hall–Kier alpha value is -2.70. The smallest absolute Gasteiger partial charge is 0.250 e. The third-order valence-electron chi connectivity index (χ3n) is 3.02. The van der Waals surface area contributed by atoms with E-state index < -0.39 is 5.91 Å². The highest BCUT2D eigenvalue weighted by Crippen LogP contribution is 2.21. The van der Waals surface area contributed by atoms with Crippen LogP contribution >= 0.6 is 0 Å². The second-order valence-corrected chi connectivity index (χ2v) is 4.20. The molecule has 0 aliphatic heterocycles. The average Bonchev–Trinajstić information content (AvgIpc) is 3.15. The molecular formula is C14H18N6O. The van der Waals surface area contributed by atoms with Crippen molar-refractivity contribution >= 4 is 16.8 Å². The Balaban J connectivity index is 0.000000774. The second kappa shape index (κ2) is 6.65. The summed E-state index contributed by atoms with van der Waals surface area (Å²) in [7, 11) is 0. The summed E-state index contributed by atoms with van der Waals surface area (Å²) >= 11 is 0. The van der Waals surface area contributed by atoms with Gasteiger partial charge in [-0.1, -0.05) is 37.3 Å². The number of fused-ring (bicyclic) bond motifs is 1. The molecular weight excluding hydrogens is 268 g/mol. The van der Waals surface area contributed by atoms with Gasteiger partial charge >= 0.3 is 0 Å². The van der Waals surface area contributed by atoms with Crippen LogP contribution in [0.25, 0.3) is 10.9 Å². The van der Waals surface area contributed by atoms with Gasteiger partial charge in [0.15, 0.2) is 5.82 Å². The Kier molecular flexibility index (Phi) is 4.65. The molecule has 0 aliphatic rings. The Morgan fingerprint density at radius 2 is 2.10 bits per heavy atom. The summed E-state index contributed by atoms with van der Waals surface area (Å²) in [6, 6.07) is 7.66. The van der Waals surface area contributed by atoms with E-state index in [9.17, 15) is 4.79 Å². The van der Waals surface area contributed by atoms with Crippen molar-refractivity contribution in [1.29, 1.82) is 0 Å². The van der Waals surface area contributed by atoms with Crippen molar-refractivity contribution in [2.75, 3.05) is 0 Å². The Labute approximate surface area is 122 Å². The molecule has 0 unspecified atom stereocenters. The minimum Gasteiger partial charge on any atom is -0.366 e. The molecule has 2 aromatic heterocycles. The number of rotatable bonds is 4. The number of H-pyrrole nitrogens is 1. The number of nitrogens with two attached hydrogens (primary N) is 1. The zero-order valence-corrected chi connectivity index (χ0v) is 12.1. The van der Waals surface area contributed by atoms with Crippen LogP contribution in [0.15, 0.2) is 30.5 Å². The Bertz CT molecular complexity index is 716. The molecule has 0 saturated carbocycles. The number of aromatic nitrogens is 5. The lowest BCUT2D eigenvalue weighted by Crippen LogP contribution is -2.10. The normalized spacial score (nSPS) is 10.2. The molecule has 3 rings (SSSR count). The van der Waals surface area contributed by atoms with Gasteiger partial charge in [0.2, 0.25) is 0 Å². The predicted molar refractivity (Wildman–Crippen MR) is 79.7 cm³/mol. The third-order valence-corrected chi connectivity index (χ3v) is 3.02. The number of primary amides is 1. The van der Waals surface area contributed by atoms with Crippen LogP contribution in [0.2, 0.25) is 0 Å². The van der Waals surface area contributed by atoms with Gasteiger partial charge in [-0.05, 0) is 6.07 Å². The highest BCUT2D eigenvalue weighted by atomic mass is 16.1. The number of nitrogens with zero attached hydrogens (tertiary/aromatic N) is 4. The first-order valence-electron chi connectivity index (χ1n) is 6.85. The summed E-state index contributed by atoms with van der Waals surface area (Å²) in [5, 5.41) is 14.6. The minimum atomic E-state index is -0.422. The van der Waals surface area contributed by atoms with E-state index >= 15 is 0 Å². The first-order valence-corrected chi connectivity index (χ1v) is 6.85. The van der Waals surface area contributed by atoms with Gasteiger partial charge in [-0.2, -0.15) is 5.21 Å². The number of hydrogen-bond donors (Lipinski definition) is 2. The summed E-state index contributed by atoms with van der Waals surface area (Å²) in [4.78, 5) is 11.4. The third kappa shape index (κ3) is 3.07. The Morgan fingerprint density at radius 1 is 1.33 bits per heavy atom. The first kappa shape index (κ1) is 14.7. The van der Waals surface area contributed by atoms with E-state index in [4.69, 9.17) is 5.73 Å². The average molecular weight is 286 g/mol. The molecule has 0 saturated heterocycles. The standard InChI is InChI=1S/C12H12N6O.C2H6/c13-12(19)9-7-18(6-5-11-14-16-17-15-11)10-4-2-1-3-8(9)10;1-2/h1-4,7H,5-6H2,(H2,13,19)(H,14,15,16,17);1-2H3. The number of carbonyl (C=O) groups is 1. The molecule has 110 valence electrons. The topological polar surface area (TPSA) is 102 Å². The minimum absolute atomic E-state index is 0.422. The van der Waals surface area contributed by atoms with E-state index in [-0.39, 0.29) is 0 Å². The van der Waals surface area contributed by atoms with Crippen LogP contribution in [-0.4, -0.2) is 31.1 Å². The lowest BCUT2D eigenvalue weighted by Gasteiger charge is -2.02. The lowest BCUT2D eigenvalue weighted by molar-refractivity contribution is 0.100. The largest absolute Gasteiger partial charge is 0.366 e. The second-order valence-electron chi connectivity index (χ2n) is 4.20. The van der Waals surface area contributed by atoms with Crippen LogP contribution in [0.3, 0.4) is 0 Å². The number of hydrogen-bond acceptors (Lipinski definition) is 4. The molecule has 2 heterocycles. The van der Waals surface area contributed by atoms with Crippen molar-refractivity contribution in [2.45, 2.75) is 26.8 Å². The monoisotopic (exact) mass is 286 g/mol. The summed E-state index contributed by atoms with van der Waals surface area (Å²) in [6.45, 7) is 4.66. The molecule has 21 heavy (non-hydrogen) atoms. The van der Waals surface area contributed by atoms with Gasteiger partial charge in [-0.3, -0.25) is 4.79 Å². The summed E-state index contributed by atoms with van der Waals surface area (Å²) in [5.74, 6) is 0.216. The lowest BCUT2D eigenvalue weighted by atomic mass is 10.2. The fourth-order valence-electron chi connectivity index (χ4n) is 2.14. The Morgan fingerprint density at radius 3 is 2.76 bits per heavy atom. The molecule has 3 aromatic rings. The number of aromatic amines is 1. The fraction of sp³-hybridized carbons (Fsp3) is 0.286. The van der Waals surface area contributed by atoms with Crippen molar-refractivity contribution < 1.29 is 4.79 Å². The molecule has 0 spiro atoms. The van der Waals surface area contributed by atoms with E-state index in [2.05, 4.69) is 20.6 Å². The van der Waals surface area contributed by atoms with E-state index in [0.717, 1.165) is 10.9 Å². The molecule has 0 bridgehead atoms. The number of amides is 1. The molecule has 0 aliphatic carbocycles. The number of aryl methyl sites for hydroxylation is 2. The van der Waals surface area contributed by atoms with Gasteiger partial charge in [-0.15, -0.1) is 10.2 Å². The van der Waals surface area contributed by atoms with E-state index in [1.54, 1.807) is 6.20 Å². The molecule has 3 N–H and O–H groups in total. The molecule has 0 fully saturated rings. The van der Waals surface area contributed by atoms with Crippen molar-refractivity contribution in [3.63, 3.8) is 0 Å². The quantitative estimate of drug-likeness (QED) is 0.759. The highest BCUT2D eigenvalue weighted by molar-refractivity contribution is 6.06. The number of para-hydroxylation sites is 1. The van der Waals surface area contributed by atoms with Crippen LogP contribution in [0.4, 0.5) is 0 Å². The van der Waals surface area contributed by atoms with Crippen LogP contribution in [-0.2, 0) is 13.0 Å². The van der Waals surface area contributed by atoms with Crippen LogP contribution < -0.4 is 5.73 Å². The van der Waals surface area contributed by atoms with Crippen molar-refractivity contribution in [3.8, 4) is 0 Å². The van der Waals surface area contributed by atoms with Gasteiger partial charge < -0.3 is 10.3 Å². The maximum absolute atomic E-state index is 11.4. The van der Waals surface area contributed by atoms with Crippen molar-refractivity contribution in [1.82, 2.24) is 25.2 Å². The van der Waals surface area contributed by atoms with Gasteiger partial charge in [0, 0.05) is 30.1 Å². The van der Waals surface area contributed by atoms with E-state index in [1.807, 2.05) is 42.7 Å². The van der Waals surface area contributed by atoms with Crippen LogP contribution in [0, 0.1) is 0 Å². The maximum Gasteiger partial charge on any atom is 0.250 e. The molecule has 0 radical (unpaired) electrons. The molecule has 1 amide bonds. The molecule has 7 heteroatoms. The number of carbonyl (C=O) groups excluding carboxylic acids is 1. The van der Waals surface area contributed by atoms with Crippen LogP contribution in [0.1, 0.15) is 30.0 Å². The van der Waals surface area contributed by atoms with Gasteiger partial charge in [0.05, 0.1) is 5.56 Å². The number of benzene rings is 1. The van der Waals surface area contributed by atoms with Gasteiger partial charge in [-0.25, -0.2) is 0 Å². The molecule has 0 atom stereocenters. The zero-order valence-electron chi connectivity index (χ0n) is 12.1. The van der Waals surface area contributed by atoms with Crippen molar-refractivity contribution in [3.05, 3.63) is 41.9 Å². The number of tetrazole rings is 1. The molecule has 1 aromatic carbocycles. The van der Waals surface area contributed by atoms with E-state index in [1.165, 1.54) is 0 Å². The fourth-order valence-corrected chi connectivity index (χ4v) is 2.14. The van der Waals surface area contributed by atoms with Crippen molar-refractivity contribution in [2.24, 2.45) is 5.73 Å². The maximum atomic E-state index is 11.4. The molecule has 7 nitrogen and oxygen atoms in total. The summed E-state index contributed by atoms with van der Waals surface area (Å²) in [6.07, 6.45) is 2.40. The van der Waals surface area contributed by atoms with Gasteiger partial charge in [0.25, 0.3) is 5.91 Å². The SMILES string of the molecule is CC.NC(=O)c1cn(CCc2nn[nH]n2)c2ccccc12. The predicted octanol–water partition coefficient (Wildman–Crippen LogP) is 1.52. The van der Waals surface area contributed by atoms with Gasteiger partial charge in [0.1, 0.15) is 0 Å². The summed E-state index contributed by atoms with van der Waals surface area (Å²) < 4.78 is 1.98. The first-order chi connectivity index (χ1) is 10.3. The van der Waals surface area contributed by atoms with Crippen LogP contribution in [0.5, 0.6) is 0 Å². The highest BCUT2D eigenvalue weighted by Gasteiger charge is 2.12. The number of nitrogens with one attached hydrogen (secondary N) is 1. The summed E-state index contributed by atoms with van der Waals surface area (Å²) in [5.41, 5.74) is 6.90. The van der Waals surface area contributed by atoms with E-state index in [0.29, 0.717) is 24.4 Å². The zero-order chi connectivity index (χ0) is 15.2.